The molecule has 0 bridgehead atoms. The fourth-order valence-corrected chi connectivity index (χ4v) is 4.17. The van der Waals surface area contributed by atoms with Crippen molar-refractivity contribution < 1.29 is 13.2 Å². The first-order valence-corrected chi connectivity index (χ1v) is 9.16. The lowest BCUT2D eigenvalue weighted by molar-refractivity contribution is 0.411. The normalized spacial score (nSPS) is 12.9. The molecule has 4 nitrogen and oxygen atoms in total. The Morgan fingerprint density at radius 3 is 2.41 bits per heavy atom. The molecule has 0 radical (unpaired) electrons. The average Bonchev–Trinajstić information content (AvgIpc) is 2.53. The first-order chi connectivity index (χ1) is 10.5. The van der Waals surface area contributed by atoms with Crippen LogP contribution in [0.15, 0.2) is 57.9 Å². The number of rotatable bonds is 6. The highest BCUT2D eigenvalue weighted by Gasteiger charge is 2.21. The van der Waals surface area contributed by atoms with Crippen molar-refractivity contribution in [1.29, 1.82) is 0 Å². The Labute approximate surface area is 139 Å². The second-order valence-corrected chi connectivity index (χ2v) is 7.36. The van der Waals surface area contributed by atoms with Crippen LogP contribution in [0.3, 0.4) is 0 Å². The molecule has 0 saturated carbocycles. The smallest absolute Gasteiger partial charge is 0.241 e. The average molecular weight is 384 g/mol. The Morgan fingerprint density at radius 2 is 1.86 bits per heavy atom. The third-order valence-corrected chi connectivity index (χ3v) is 5.43. The number of sulfonamides is 1. The Kier molecular flexibility index (Phi) is 5.61. The van der Waals surface area contributed by atoms with Gasteiger partial charge in [0, 0.05) is 6.04 Å². The minimum atomic E-state index is -3.60. The molecule has 22 heavy (non-hydrogen) atoms. The number of hydrogen-bond donors (Lipinski definition) is 1. The van der Waals surface area contributed by atoms with E-state index in [9.17, 15) is 8.42 Å². The van der Waals surface area contributed by atoms with Gasteiger partial charge in [-0.3, -0.25) is 0 Å². The molecule has 0 fully saturated rings. The highest BCUT2D eigenvalue weighted by Crippen LogP contribution is 2.28. The van der Waals surface area contributed by atoms with Crippen molar-refractivity contribution in [3.05, 3.63) is 58.6 Å². The van der Waals surface area contributed by atoms with E-state index in [4.69, 9.17) is 4.74 Å². The SMILES string of the molecule is CCC(NS(=O)(=O)c1ccc(OC)c(Br)c1)c1ccccc1. The fraction of sp³-hybridized carbons (Fsp3) is 0.250. The van der Waals surface area contributed by atoms with Crippen molar-refractivity contribution in [1.82, 2.24) is 4.72 Å². The van der Waals surface area contributed by atoms with Crippen LogP contribution in [-0.2, 0) is 10.0 Å². The van der Waals surface area contributed by atoms with E-state index < -0.39 is 10.0 Å². The summed E-state index contributed by atoms with van der Waals surface area (Å²) in [7, 11) is -2.07. The number of halogens is 1. The summed E-state index contributed by atoms with van der Waals surface area (Å²) in [6, 6.07) is 14.0. The summed E-state index contributed by atoms with van der Waals surface area (Å²) in [6.07, 6.45) is 0.667. The van der Waals surface area contributed by atoms with Crippen molar-refractivity contribution in [3.8, 4) is 5.75 Å². The van der Waals surface area contributed by atoms with Crippen LogP contribution in [0.2, 0.25) is 0 Å². The van der Waals surface area contributed by atoms with E-state index in [0.717, 1.165) is 5.56 Å². The molecule has 1 N–H and O–H groups in total. The van der Waals surface area contributed by atoms with Gasteiger partial charge in [0.15, 0.2) is 0 Å². The summed E-state index contributed by atoms with van der Waals surface area (Å²) >= 11 is 3.31. The maximum absolute atomic E-state index is 12.6. The van der Waals surface area contributed by atoms with Crippen LogP contribution < -0.4 is 9.46 Å². The monoisotopic (exact) mass is 383 g/mol. The van der Waals surface area contributed by atoms with Gasteiger partial charge in [0.1, 0.15) is 5.75 Å². The summed E-state index contributed by atoms with van der Waals surface area (Å²) in [4.78, 5) is 0.203. The molecule has 0 saturated heterocycles. The zero-order chi connectivity index (χ0) is 16.2. The second kappa shape index (κ2) is 7.26. The number of benzene rings is 2. The highest BCUT2D eigenvalue weighted by molar-refractivity contribution is 9.10. The molecule has 0 aromatic heterocycles. The lowest BCUT2D eigenvalue weighted by Crippen LogP contribution is -2.28. The van der Waals surface area contributed by atoms with E-state index in [2.05, 4.69) is 20.7 Å². The van der Waals surface area contributed by atoms with Crippen LogP contribution in [-0.4, -0.2) is 15.5 Å². The molecule has 0 aliphatic carbocycles. The highest BCUT2D eigenvalue weighted by atomic mass is 79.9. The molecular formula is C16H18BrNO3S. The van der Waals surface area contributed by atoms with Gasteiger partial charge in [0.05, 0.1) is 16.5 Å². The van der Waals surface area contributed by atoms with Crippen LogP contribution in [0.4, 0.5) is 0 Å². The summed E-state index contributed by atoms with van der Waals surface area (Å²) in [6.45, 7) is 1.95. The molecule has 2 rings (SSSR count). The molecule has 0 spiro atoms. The fourth-order valence-electron chi connectivity index (χ4n) is 2.14. The predicted octanol–water partition coefficient (Wildman–Crippen LogP) is 3.89. The van der Waals surface area contributed by atoms with E-state index in [-0.39, 0.29) is 10.9 Å². The van der Waals surface area contributed by atoms with Crippen LogP contribution in [0.5, 0.6) is 5.75 Å². The first kappa shape index (κ1) is 17.0. The maximum atomic E-state index is 12.6. The van der Waals surface area contributed by atoms with Crippen LogP contribution >= 0.6 is 15.9 Å². The first-order valence-electron chi connectivity index (χ1n) is 6.88. The summed E-state index contributed by atoms with van der Waals surface area (Å²) < 4.78 is 33.6. The molecule has 1 atom stereocenters. The molecule has 118 valence electrons. The van der Waals surface area contributed by atoms with Gasteiger partial charge in [-0.15, -0.1) is 0 Å². The number of nitrogens with one attached hydrogen (secondary N) is 1. The van der Waals surface area contributed by atoms with E-state index >= 15 is 0 Å². The molecule has 0 amide bonds. The topological polar surface area (TPSA) is 55.4 Å². The Morgan fingerprint density at radius 1 is 1.18 bits per heavy atom. The van der Waals surface area contributed by atoms with Crippen molar-refractivity contribution in [2.45, 2.75) is 24.3 Å². The predicted molar refractivity (Wildman–Crippen MR) is 90.5 cm³/mol. The number of ether oxygens (including phenoxy) is 1. The molecule has 1 unspecified atom stereocenters. The van der Waals surface area contributed by atoms with Crippen LogP contribution in [0.25, 0.3) is 0 Å². The zero-order valence-corrected chi connectivity index (χ0v) is 14.8. The van der Waals surface area contributed by atoms with Crippen molar-refractivity contribution in [3.63, 3.8) is 0 Å². The lowest BCUT2D eigenvalue weighted by atomic mass is 10.1. The van der Waals surface area contributed by atoms with Gasteiger partial charge in [-0.2, -0.15) is 0 Å². The van der Waals surface area contributed by atoms with E-state index in [1.165, 1.54) is 13.2 Å². The molecule has 2 aromatic rings. The van der Waals surface area contributed by atoms with Crippen molar-refractivity contribution >= 4 is 26.0 Å². The Bertz CT molecular complexity index is 732. The maximum Gasteiger partial charge on any atom is 0.241 e. The van der Waals surface area contributed by atoms with Gasteiger partial charge in [-0.25, -0.2) is 13.1 Å². The molecule has 0 aliphatic heterocycles. The number of methoxy groups -OCH3 is 1. The zero-order valence-electron chi connectivity index (χ0n) is 12.4. The quantitative estimate of drug-likeness (QED) is 0.822. The van der Waals surface area contributed by atoms with Gasteiger partial charge in [0.2, 0.25) is 10.0 Å². The van der Waals surface area contributed by atoms with E-state index in [1.807, 2.05) is 37.3 Å². The summed E-state index contributed by atoms with van der Waals surface area (Å²) in [5.41, 5.74) is 0.946. The van der Waals surface area contributed by atoms with Crippen molar-refractivity contribution in [2.75, 3.05) is 7.11 Å². The second-order valence-electron chi connectivity index (χ2n) is 4.79. The molecular weight excluding hydrogens is 366 g/mol. The molecule has 0 aliphatic rings. The minimum Gasteiger partial charge on any atom is -0.496 e. The summed E-state index contributed by atoms with van der Waals surface area (Å²) in [5, 5.41) is 0. The lowest BCUT2D eigenvalue weighted by Gasteiger charge is -2.18. The van der Waals surface area contributed by atoms with Crippen molar-refractivity contribution in [2.24, 2.45) is 0 Å². The van der Waals surface area contributed by atoms with Gasteiger partial charge in [-0.1, -0.05) is 37.3 Å². The molecule has 6 heteroatoms. The van der Waals surface area contributed by atoms with Gasteiger partial charge in [-0.05, 0) is 46.1 Å². The Balaban J connectivity index is 2.28. The van der Waals surface area contributed by atoms with Gasteiger partial charge in [0.25, 0.3) is 0 Å². The third-order valence-electron chi connectivity index (χ3n) is 3.34. The molecule has 0 heterocycles. The minimum absolute atomic E-state index is 0.203. The summed E-state index contributed by atoms with van der Waals surface area (Å²) in [5.74, 6) is 0.592. The van der Waals surface area contributed by atoms with Crippen LogP contribution in [0.1, 0.15) is 24.9 Å². The standard InChI is InChI=1S/C16H18BrNO3S/c1-3-15(12-7-5-4-6-8-12)18-22(19,20)13-9-10-16(21-2)14(17)11-13/h4-11,15,18H,3H2,1-2H3. The van der Waals surface area contributed by atoms with Gasteiger partial charge >= 0.3 is 0 Å². The Hall–Kier alpha value is -1.37. The number of hydrogen-bond acceptors (Lipinski definition) is 3. The largest absolute Gasteiger partial charge is 0.496 e. The molecule has 2 aromatic carbocycles. The van der Waals surface area contributed by atoms with E-state index in [1.54, 1.807) is 12.1 Å². The van der Waals surface area contributed by atoms with Crippen LogP contribution in [0, 0.1) is 0 Å². The van der Waals surface area contributed by atoms with E-state index in [0.29, 0.717) is 16.6 Å². The van der Waals surface area contributed by atoms with Gasteiger partial charge < -0.3 is 4.74 Å². The third kappa shape index (κ3) is 3.88.